The second-order valence-electron chi connectivity index (χ2n) is 8.19. The molecule has 10 heteroatoms. The number of nitrogens with zero attached hydrogens (tertiary/aromatic N) is 1. The molecule has 0 bridgehead atoms. The first-order valence-electron chi connectivity index (χ1n) is 11.4. The number of fused-ring (bicyclic) bond motifs is 1. The summed E-state index contributed by atoms with van der Waals surface area (Å²) in [5.74, 6) is 1.12. The Morgan fingerprint density at radius 3 is 2.58 bits per heavy atom. The summed E-state index contributed by atoms with van der Waals surface area (Å²) in [4.78, 5) is 12.6. The topological polar surface area (TPSA) is 84.9 Å². The van der Waals surface area contributed by atoms with Crippen LogP contribution in [0.4, 0.5) is 10.1 Å². The van der Waals surface area contributed by atoms with E-state index in [0.29, 0.717) is 37.0 Å². The number of halogens is 1. The largest absolute Gasteiger partial charge is 0.486 e. The highest BCUT2D eigenvalue weighted by molar-refractivity contribution is 7.98. The van der Waals surface area contributed by atoms with E-state index >= 15 is 0 Å². The van der Waals surface area contributed by atoms with Gasteiger partial charge in [0.2, 0.25) is 5.91 Å². The molecule has 190 valence electrons. The van der Waals surface area contributed by atoms with E-state index in [1.54, 1.807) is 11.8 Å². The lowest BCUT2D eigenvalue weighted by atomic mass is 10.2. The number of benzene rings is 3. The maximum atomic E-state index is 14.0. The van der Waals surface area contributed by atoms with Crippen molar-refractivity contribution in [3.8, 4) is 11.5 Å². The third-order valence-electron chi connectivity index (χ3n) is 5.40. The minimum absolute atomic E-state index is 0.0499. The molecule has 0 fully saturated rings. The van der Waals surface area contributed by atoms with Crippen LogP contribution in [0.15, 0.2) is 71.6 Å². The Labute approximate surface area is 214 Å². The molecule has 4 rings (SSSR count). The van der Waals surface area contributed by atoms with Gasteiger partial charge in [0.25, 0.3) is 10.0 Å². The zero-order valence-corrected chi connectivity index (χ0v) is 21.4. The Morgan fingerprint density at radius 2 is 1.81 bits per heavy atom. The molecule has 0 saturated carbocycles. The Hall–Kier alpha value is -3.24. The molecular weight excluding hydrogens is 503 g/mol. The van der Waals surface area contributed by atoms with Crippen molar-refractivity contribution in [2.24, 2.45) is 0 Å². The molecule has 1 heterocycles. The third kappa shape index (κ3) is 6.50. The molecule has 0 spiro atoms. The lowest BCUT2D eigenvalue weighted by Crippen LogP contribution is -2.41. The smallest absolute Gasteiger partial charge is 0.264 e. The van der Waals surface area contributed by atoms with Crippen molar-refractivity contribution >= 4 is 33.4 Å². The zero-order chi connectivity index (χ0) is 25.5. The molecule has 0 radical (unpaired) electrons. The predicted octanol–water partition coefficient (Wildman–Crippen LogP) is 4.15. The molecule has 36 heavy (non-hydrogen) atoms. The number of carbonyl (C=O) groups excluding carboxylic acids is 1. The Morgan fingerprint density at radius 1 is 1.03 bits per heavy atom. The summed E-state index contributed by atoms with van der Waals surface area (Å²) in [5.41, 5.74) is 2.45. The van der Waals surface area contributed by atoms with Crippen LogP contribution in [0.2, 0.25) is 0 Å². The normalized spacial score (nSPS) is 12.7. The zero-order valence-electron chi connectivity index (χ0n) is 19.8. The Balaban J connectivity index is 1.44. The van der Waals surface area contributed by atoms with Crippen LogP contribution in [-0.4, -0.2) is 46.4 Å². The first-order valence-corrected chi connectivity index (χ1v) is 14.0. The number of sulfonamides is 1. The lowest BCUT2D eigenvalue weighted by molar-refractivity contribution is -0.119. The number of hydrogen-bond acceptors (Lipinski definition) is 6. The molecule has 1 aliphatic heterocycles. The number of anilines is 1. The average Bonchev–Trinajstić information content (AvgIpc) is 2.86. The summed E-state index contributed by atoms with van der Waals surface area (Å²) in [6.45, 7) is 2.59. The minimum Gasteiger partial charge on any atom is -0.486 e. The Bertz CT molecular complexity index is 1330. The maximum Gasteiger partial charge on any atom is 0.264 e. The third-order valence-corrected chi connectivity index (χ3v) is 8.20. The van der Waals surface area contributed by atoms with E-state index in [4.69, 9.17) is 9.47 Å². The van der Waals surface area contributed by atoms with Crippen LogP contribution in [0.25, 0.3) is 0 Å². The van der Waals surface area contributed by atoms with Crippen molar-refractivity contribution in [2.45, 2.75) is 17.6 Å². The lowest BCUT2D eigenvalue weighted by Gasteiger charge is -2.25. The van der Waals surface area contributed by atoms with E-state index < -0.39 is 28.3 Å². The van der Waals surface area contributed by atoms with E-state index in [2.05, 4.69) is 17.4 Å². The molecular formula is C26H27FN2O5S2. The Kier molecular flexibility index (Phi) is 8.37. The van der Waals surface area contributed by atoms with Crippen molar-refractivity contribution < 1.29 is 27.1 Å². The summed E-state index contributed by atoms with van der Waals surface area (Å²) < 4.78 is 52.9. The highest BCUT2D eigenvalue weighted by atomic mass is 32.2. The first kappa shape index (κ1) is 25.8. The van der Waals surface area contributed by atoms with Crippen molar-refractivity contribution in [2.75, 3.05) is 36.4 Å². The number of rotatable bonds is 10. The van der Waals surface area contributed by atoms with Gasteiger partial charge in [0.1, 0.15) is 25.6 Å². The van der Waals surface area contributed by atoms with Crippen LogP contribution in [0.1, 0.15) is 11.1 Å². The summed E-state index contributed by atoms with van der Waals surface area (Å²) in [6, 6.07) is 17.6. The molecule has 0 atom stereocenters. The van der Waals surface area contributed by atoms with Crippen LogP contribution in [0.3, 0.4) is 0 Å². The number of amides is 1. The minimum atomic E-state index is -4.21. The number of ether oxygens (including phenoxy) is 2. The molecule has 1 N–H and O–H groups in total. The molecule has 1 aliphatic rings. The van der Waals surface area contributed by atoms with E-state index in [1.165, 1.54) is 47.5 Å². The predicted molar refractivity (Wildman–Crippen MR) is 139 cm³/mol. The summed E-state index contributed by atoms with van der Waals surface area (Å²) in [5, 5.41) is 2.76. The summed E-state index contributed by atoms with van der Waals surface area (Å²) in [6.07, 6.45) is 0. The van der Waals surface area contributed by atoms with E-state index in [0.717, 1.165) is 16.1 Å². The van der Waals surface area contributed by atoms with Gasteiger partial charge in [-0.05, 0) is 42.8 Å². The first-order chi connectivity index (χ1) is 17.3. The van der Waals surface area contributed by atoms with Gasteiger partial charge in [0, 0.05) is 24.1 Å². The number of nitrogens with one attached hydrogen (secondary N) is 1. The van der Waals surface area contributed by atoms with Crippen molar-refractivity contribution in [1.82, 2.24) is 5.32 Å². The fraction of sp³-hybridized carbons (Fsp3) is 0.269. The second-order valence-corrected chi connectivity index (χ2v) is 11.2. The molecule has 0 aromatic heterocycles. The van der Waals surface area contributed by atoms with Gasteiger partial charge < -0.3 is 14.8 Å². The van der Waals surface area contributed by atoms with E-state index in [1.807, 2.05) is 19.1 Å². The van der Waals surface area contributed by atoms with Gasteiger partial charge in [0.05, 0.1) is 10.6 Å². The summed E-state index contributed by atoms with van der Waals surface area (Å²) >= 11 is 1.67. The van der Waals surface area contributed by atoms with Gasteiger partial charge in [-0.15, -0.1) is 0 Å². The average molecular weight is 531 g/mol. The second kappa shape index (κ2) is 11.7. The number of hydrogen-bond donors (Lipinski definition) is 1. The summed E-state index contributed by atoms with van der Waals surface area (Å²) in [7, 11) is -4.21. The van der Waals surface area contributed by atoms with Crippen LogP contribution in [0.5, 0.6) is 11.5 Å². The molecule has 3 aromatic carbocycles. The highest BCUT2D eigenvalue weighted by Gasteiger charge is 2.29. The number of thioether (sulfide) groups is 1. The van der Waals surface area contributed by atoms with Crippen LogP contribution in [0, 0.1) is 12.7 Å². The van der Waals surface area contributed by atoms with Gasteiger partial charge >= 0.3 is 0 Å². The molecule has 3 aromatic rings. The number of aryl methyl sites for hydroxylation is 1. The van der Waals surface area contributed by atoms with Gasteiger partial charge in [-0.2, -0.15) is 11.8 Å². The quantitative estimate of drug-likeness (QED) is 0.397. The van der Waals surface area contributed by atoms with Crippen LogP contribution in [-0.2, 0) is 20.6 Å². The van der Waals surface area contributed by atoms with Gasteiger partial charge in [-0.1, -0.05) is 35.9 Å². The molecule has 1 amide bonds. The maximum absolute atomic E-state index is 14.0. The van der Waals surface area contributed by atoms with Gasteiger partial charge in [-0.3, -0.25) is 9.10 Å². The monoisotopic (exact) mass is 530 g/mol. The van der Waals surface area contributed by atoms with Crippen LogP contribution < -0.4 is 19.1 Å². The SMILES string of the molecule is Cc1cccc(CSCCNC(=O)CN(c2cccc(F)c2)S(=O)(=O)c2ccc3c(c2)OCCO3)c1. The van der Waals surface area contributed by atoms with E-state index in [-0.39, 0.29) is 10.6 Å². The van der Waals surface area contributed by atoms with Crippen molar-refractivity contribution in [3.63, 3.8) is 0 Å². The van der Waals surface area contributed by atoms with Gasteiger partial charge in [0.15, 0.2) is 11.5 Å². The molecule has 0 unspecified atom stereocenters. The van der Waals surface area contributed by atoms with Crippen LogP contribution >= 0.6 is 11.8 Å². The van der Waals surface area contributed by atoms with Gasteiger partial charge in [-0.25, -0.2) is 12.8 Å². The molecule has 0 saturated heterocycles. The molecule has 0 aliphatic carbocycles. The van der Waals surface area contributed by atoms with E-state index in [9.17, 15) is 17.6 Å². The van der Waals surface area contributed by atoms with Crippen molar-refractivity contribution in [1.29, 1.82) is 0 Å². The fourth-order valence-electron chi connectivity index (χ4n) is 3.70. The number of carbonyl (C=O) groups is 1. The highest BCUT2D eigenvalue weighted by Crippen LogP contribution is 2.34. The standard InChI is InChI=1S/C26H27FN2O5S2/c1-19-4-2-5-20(14-19)18-35-13-10-28-26(30)17-29(22-7-3-6-21(27)15-22)36(31,32)23-8-9-24-25(16-23)34-12-11-33-24/h2-9,14-16H,10-13,17-18H2,1H3,(H,28,30). The fourth-order valence-corrected chi connectivity index (χ4v) is 5.93. The van der Waals surface area contributed by atoms with Crippen molar-refractivity contribution in [3.05, 3.63) is 83.7 Å². The molecule has 7 nitrogen and oxygen atoms in total.